The van der Waals surface area contributed by atoms with Crippen molar-refractivity contribution >= 4 is 16.3 Å². The van der Waals surface area contributed by atoms with Gasteiger partial charge in [0.25, 0.3) is 0 Å². The van der Waals surface area contributed by atoms with Crippen LogP contribution in [0.5, 0.6) is 0 Å². The Labute approximate surface area is 173 Å². The van der Waals surface area contributed by atoms with Crippen LogP contribution in [0.25, 0.3) is 16.2 Å². The van der Waals surface area contributed by atoms with Gasteiger partial charge in [0.1, 0.15) is 11.6 Å². The summed E-state index contributed by atoms with van der Waals surface area (Å²) in [6.45, 7) is 6.15. The summed E-state index contributed by atoms with van der Waals surface area (Å²) >= 11 is 1.64. The van der Waals surface area contributed by atoms with E-state index in [9.17, 15) is 4.39 Å². The van der Waals surface area contributed by atoms with E-state index in [4.69, 9.17) is 4.98 Å². The summed E-state index contributed by atoms with van der Waals surface area (Å²) in [7, 11) is 0. The Hall–Kier alpha value is -2.51. The quantitative estimate of drug-likeness (QED) is 0.483. The van der Waals surface area contributed by atoms with Crippen LogP contribution < -0.4 is 0 Å². The highest BCUT2D eigenvalue weighted by atomic mass is 32.1. The van der Waals surface area contributed by atoms with Gasteiger partial charge < -0.3 is 4.57 Å². The van der Waals surface area contributed by atoms with Gasteiger partial charge in [-0.15, -0.1) is 11.3 Å². The molecule has 0 N–H and O–H groups in total. The van der Waals surface area contributed by atoms with Crippen LogP contribution in [0.2, 0.25) is 0 Å². The Morgan fingerprint density at radius 3 is 2.66 bits per heavy atom. The molecule has 7 heteroatoms. The van der Waals surface area contributed by atoms with Crippen molar-refractivity contribution in [2.45, 2.75) is 32.9 Å². The van der Waals surface area contributed by atoms with Gasteiger partial charge in [0.05, 0.1) is 11.4 Å². The Morgan fingerprint density at radius 1 is 1.14 bits per heavy atom. The van der Waals surface area contributed by atoms with Crippen molar-refractivity contribution in [2.24, 2.45) is 5.92 Å². The van der Waals surface area contributed by atoms with E-state index in [1.54, 1.807) is 11.3 Å². The molecule has 3 aromatic heterocycles. The van der Waals surface area contributed by atoms with Gasteiger partial charge in [-0.05, 0) is 63.0 Å². The van der Waals surface area contributed by atoms with E-state index < -0.39 is 0 Å². The number of benzene rings is 1. The molecule has 0 saturated carbocycles. The normalized spacial score (nSPS) is 16.1. The van der Waals surface area contributed by atoms with Gasteiger partial charge in [-0.1, -0.05) is 0 Å². The van der Waals surface area contributed by atoms with Crippen molar-refractivity contribution in [3.05, 3.63) is 65.6 Å². The molecular formula is C22H24FN5S. The molecule has 0 atom stereocenters. The Morgan fingerprint density at radius 2 is 1.93 bits per heavy atom. The van der Waals surface area contributed by atoms with Crippen LogP contribution in [-0.4, -0.2) is 36.9 Å². The molecule has 0 radical (unpaired) electrons. The van der Waals surface area contributed by atoms with Crippen LogP contribution in [0.3, 0.4) is 0 Å². The number of rotatable bonds is 5. The minimum atomic E-state index is -0.216. The Kier molecular flexibility index (Phi) is 4.93. The second-order valence-corrected chi connectivity index (χ2v) is 8.69. The number of likely N-dealkylation sites (tertiary alicyclic amines) is 1. The summed E-state index contributed by atoms with van der Waals surface area (Å²) in [4.78, 5) is 12.7. The number of nitrogens with zero attached hydrogens (tertiary/aromatic N) is 5. The molecule has 1 saturated heterocycles. The monoisotopic (exact) mass is 409 g/mol. The van der Waals surface area contributed by atoms with Crippen molar-refractivity contribution in [2.75, 3.05) is 13.1 Å². The molecule has 29 heavy (non-hydrogen) atoms. The maximum Gasteiger partial charge on any atom is 0.194 e. The lowest BCUT2D eigenvalue weighted by molar-refractivity contribution is 0.165. The van der Waals surface area contributed by atoms with E-state index in [1.807, 2.05) is 18.3 Å². The fourth-order valence-electron chi connectivity index (χ4n) is 4.24. The molecule has 5 rings (SSSR count). The first-order chi connectivity index (χ1) is 14.2. The van der Waals surface area contributed by atoms with E-state index >= 15 is 0 Å². The van der Waals surface area contributed by atoms with E-state index in [0.29, 0.717) is 5.92 Å². The van der Waals surface area contributed by atoms with E-state index in [1.165, 1.54) is 30.7 Å². The first-order valence-corrected chi connectivity index (χ1v) is 11.0. The highest BCUT2D eigenvalue weighted by Gasteiger charge is 2.23. The maximum absolute atomic E-state index is 13.4. The number of aryl methyl sites for hydroxylation is 1. The highest BCUT2D eigenvalue weighted by Crippen LogP contribution is 2.29. The first kappa shape index (κ1) is 18.5. The molecule has 5 nitrogen and oxygen atoms in total. The van der Waals surface area contributed by atoms with Crippen LogP contribution in [0.4, 0.5) is 4.39 Å². The predicted octanol–water partition coefficient (Wildman–Crippen LogP) is 4.62. The second-order valence-electron chi connectivity index (χ2n) is 7.82. The van der Waals surface area contributed by atoms with Crippen LogP contribution in [0.15, 0.2) is 48.2 Å². The van der Waals surface area contributed by atoms with Gasteiger partial charge >= 0.3 is 0 Å². The fourth-order valence-corrected chi connectivity index (χ4v) is 4.97. The maximum atomic E-state index is 13.4. The number of thiazole rings is 1. The Bertz CT molecular complexity index is 1100. The number of halogens is 1. The number of aromatic nitrogens is 4. The average molecular weight is 410 g/mol. The summed E-state index contributed by atoms with van der Waals surface area (Å²) in [6, 6.07) is 6.67. The van der Waals surface area contributed by atoms with Crippen molar-refractivity contribution in [3.63, 3.8) is 0 Å². The van der Waals surface area contributed by atoms with Crippen LogP contribution in [0.1, 0.15) is 24.4 Å². The Balaban J connectivity index is 1.32. The molecule has 0 amide bonds. The molecule has 0 bridgehead atoms. The standard InChI is InChI=1S/C22H24FN5S/c1-16-24-8-11-27(16)14-17-6-9-26(10-7-17)15-20-21(18-2-4-19(23)5-3-18)25-22-28(20)12-13-29-22/h2-5,8,11-13,17H,6-7,9-10,14-15H2,1H3. The van der Waals surface area contributed by atoms with Crippen LogP contribution in [-0.2, 0) is 13.1 Å². The van der Waals surface area contributed by atoms with E-state index in [-0.39, 0.29) is 5.82 Å². The molecule has 150 valence electrons. The lowest BCUT2D eigenvalue weighted by Crippen LogP contribution is -2.35. The van der Waals surface area contributed by atoms with Gasteiger partial charge in [0.2, 0.25) is 0 Å². The molecule has 1 aromatic carbocycles. The number of imidazole rings is 2. The van der Waals surface area contributed by atoms with E-state index in [0.717, 1.165) is 48.2 Å². The lowest BCUT2D eigenvalue weighted by Gasteiger charge is -2.32. The van der Waals surface area contributed by atoms with Gasteiger partial charge in [0.15, 0.2) is 4.96 Å². The predicted molar refractivity (Wildman–Crippen MR) is 113 cm³/mol. The molecule has 0 aliphatic carbocycles. The van der Waals surface area contributed by atoms with Crippen molar-refractivity contribution < 1.29 is 4.39 Å². The third-order valence-corrected chi connectivity index (χ3v) is 6.69. The average Bonchev–Trinajstić information content (AvgIpc) is 3.42. The zero-order valence-corrected chi connectivity index (χ0v) is 17.3. The van der Waals surface area contributed by atoms with Gasteiger partial charge in [-0.25, -0.2) is 14.4 Å². The summed E-state index contributed by atoms with van der Waals surface area (Å²) < 4.78 is 17.8. The molecule has 0 spiro atoms. The smallest absolute Gasteiger partial charge is 0.194 e. The number of piperidine rings is 1. The van der Waals surface area contributed by atoms with Crippen molar-refractivity contribution in [3.8, 4) is 11.3 Å². The largest absolute Gasteiger partial charge is 0.335 e. The molecule has 4 aromatic rings. The van der Waals surface area contributed by atoms with Crippen LogP contribution >= 0.6 is 11.3 Å². The van der Waals surface area contributed by atoms with E-state index in [2.05, 4.69) is 43.5 Å². The van der Waals surface area contributed by atoms with Crippen LogP contribution in [0, 0.1) is 18.7 Å². The summed E-state index contributed by atoms with van der Waals surface area (Å²) in [5.74, 6) is 1.57. The summed E-state index contributed by atoms with van der Waals surface area (Å²) in [5, 5.41) is 2.07. The molecule has 1 aliphatic heterocycles. The minimum Gasteiger partial charge on any atom is -0.335 e. The fraction of sp³-hybridized carbons (Fsp3) is 0.364. The van der Waals surface area contributed by atoms with Crippen molar-refractivity contribution in [1.29, 1.82) is 0 Å². The summed E-state index contributed by atoms with van der Waals surface area (Å²) in [5.41, 5.74) is 3.13. The summed E-state index contributed by atoms with van der Waals surface area (Å²) in [6.07, 6.45) is 8.43. The van der Waals surface area contributed by atoms with Gasteiger partial charge in [0, 0.05) is 42.6 Å². The second kappa shape index (κ2) is 7.72. The molecule has 1 aliphatic rings. The van der Waals surface area contributed by atoms with Gasteiger partial charge in [-0.3, -0.25) is 9.30 Å². The zero-order chi connectivity index (χ0) is 19.8. The number of hydrogen-bond acceptors (Lipinski definition) is 4. The highest BCUT2D eigenvalue weighted by molar-refractivity contribution is 7.15. The SMILES string of the molecule is Cc1nccn1CC1CCN(Cc2c(-c3ccc(F)cc3)nc3sccn23)CC1. The minimum absolute atomic E-state index is 0.216. The molecule has 4 heterocycles. The number of hydrogen-bond donors (Lipinski definition) is 0. The third kappa shape index (κ3) is 3.72. The first-order valence-electron chi connectivity index (χ1n) is 10.1. The molecule has 0 unspecified atom stereocenters. The van der Waals surface area contributed by atoms with Crippen molar-refractivity contribution in [1.82, 2.24) is 23.8 Å². The third-order valence-electron chi connectivity index (χ3n) is 5.94. The lowest BCUT2D eigenvalue weighted by atomic mass is 9.96. The number of fused-ring (bicyclic) bond motifs is 1. The zero-order valence-electron chi connectivity index (χ0n) is 16.5. The molecular weight excluding hydrogens is 385 g/mol. The topological polar surface area (TPSA) is 38.4 Å². The molecule has 1 fully saturated rings. The van der Waals surface area contributed by atoms with Gasteiger partial charge in [-0.2, -0.15) is 0 Å².